The molecule has 0 saturated carbocycles. The Labute approximate surface area is 101 Å². The third-order valence-corrected chi connectivity index (χ3v) is 2.29. The van der Waals surface area contributed by atoms with Crippen molar-refractivity contribution < 1.29 is 24.2 Å². The molecule has 2 atom stereocenters. The molecule has 0 aliphatic rings. The molecule has 98 valence electrons. The number of aliphatic hydroxyl groups is 1. The number of ether oxygens (including phenoxy) is 2. The van der Waals surface area contributed by atoms with Crippen molar-refractivity contribution in [2.24, 2.45) is 5.92 Å². The summed E-state index contributed by atoms with van der Waals surface area (Å²) in [6.45, 7) is 3.52. The number of hydrogen-bond acceptors (Lipinski definition) is 5. The van der Waals surface area contributed by atoms with Gasteiger partial charge >= 0.3 is 11.9 Å². The molecule has 0 aromatic heterocycles. The van der Waals surface area contributed by atoms with Crippen LogP contribution < -0.4 is 0 Å². The molecule has 0 aliphatic heterocycles. The summed E-state index contributed by atoms with van der Waals surface area (Å²) in [5.74, 6) is -1.23. The molecule has 0 radical (unpaired) electrons. The maximum atomic E-state index is 11.1. The van der Waals surface area contributed by atoms with Crippen molar-refractivity contribution in [3.8, 4) is 0 Å². The predicted octanol–water partition coefficient (Wildman–Crippen LogP) is 1.06. The van der Waals surface area contributed by atoms with E-state index in [9.17, 15) is 14.7 Å². The van der Waals surface area contributed by atoms with E-state index in [2.05, 4.69) is 4.74 Å². The van der Waals surface area contributed by atoms with E-state index < -0.39 is 12.1 Å². The van der Waals surface area contributed by atoms with Crippen LogP contribution in [0.15, 0.2) is 12.2 Å². The molecule has 0 heterocycles. The largest absolute Gasteiger partial charge is 0.467 e. The van der Waals surface area contributed by atoms with Gasteiger partial charge in [0.15, 0.2) is 6.10 Å². The Morgan fingerprint density at radius 2 is 2.06 bits per heavy atom. The van der Waals surface area contributed by atoms with Crippen molar-refractivity contribution in [2.75, 3.05) is 13.7 Å². The minimum atomic E-state index is -1.14. The molecule has 0 saturated heterocycles. The zero-order chi connectivity index (χ0) is 13.3. The standard InChI is InChI=1S/C12H20O5/c1-4-10(11(14)12(15)16-3)7-5-6-8-17-9(2)13/h5,7,10-11,14H,4,6,8H2,1-3H3/b7-5+/t10-,11-/m1/s1. The van der Waals surface area contributed by atoms with E-state index in [1.807, 2.05) is 6.92 Å². The van der Waals surface area contributed by atoms with Crippen LogP contribution in [0.2, 0.25) is 0 Å². The van der Waals surface area contributed by atoms with Crippen molar-refractivity contribution in [3.63, 3.8) is 0 Å². The molecule has 0 spiro atoms. The van der Waals surface area contributed by atoms with Crippen LogP contribution >= 0.6 is 0 Å². The van der Waals surface area contributed by atoms with Crippen LogP contribution in [0, 0.1) is 5.92 Å². The highest BCUT2D eigenvalue weighted by Gasteiger charge is 2.22. The lowest BCUT2D eigenvalue weighted by molar-refractivity contribution is -0.152. The SMILES string of the molecule is CC[C@H](/C=C/CCOC(C)=O)[C@@H](O)C(=O)OC. The molecule has 0 aliphatic carbocycles. The molecule has 5 nitrogen and oxygen atoms in total. The Bertz CT molecular complexity index is 272. The Morgan fingerprint density at radius 1 is 1.41 bits per heavy atom. The molecule has 0 fully saturated rings. The van der Waals surface area contributed by atoms with Crippen molar-refractivity contribution in [1.82, 2.24) is 0 Å². The first-order valence-electron chi connectivity index (χ1n) is 5.58. The number of rotatable bonds is 7. The highest BCUT2D eigenvalue weighted by Crippen LogP contribution is 2.12. The van der Waals surface area contributed by atoms with Crippen LogP contribution in [-0.4, -0.2) is 36.9 Å². The van der Waals surface area contributed by atoms with Crippen LogP contribution in [0.5, 0.6) is 0 Å². The molecular weight excluding hydrogens is 224 g/mol. The van der Waals surface area contributed by atoms with Crippen molar-refractivity contribution >= 4 is 11.9 Å². The number of aliphatic hydroxyl groups excluding tert-OH is 1. The normalized spacial score (nSPS) is 14.4. The maximum absolute atomic E-state index is 11.1. The summed E-state index contributed by atoms with van der Waals surface area (Å²) in [7, 11) is 1.24. The fourth-order valence-corrected chi connectivity index (χ4v) is 1.30. The van der Waals surface area contributed by atoms with Gasteiger partial charge in [-0.1, -0.05) is 19.1 Å². The fourth-order valence-electron chi connectivity index (χ4n) is 1.30. The smallest absolute Gasteiger partial charge is 0.335 e. The molecule has 1 N–H and O–H groups in total. The average Bonchev–Trinajstić information content (AvgIpc) is 2.31. The second-order valence-electron chi connectivity index (χ2n) is 3.60. The average molecular weight is 244 g/mol. The summed E-state index contributed by atoms with van der Waals surface area (Å²) >= 11 is 0. The topological polar surface area (TPSA) is 72.8 Å². The third kappa shape index (κ3) is 6.73. The molecule has 0 rings (SSSR count). The van der Waals surface area contributed by atoms with Crippen LogP contribution in [0.4, 0.5) is 0 Å². The van der Waals surface area contributed by atoms with Crippen LogP contribution in [0.3, 0.4) is 0 Å². The Balaban J connectivity index is 4.07. The first-order valence-corrected chi connectivity index (χ1v) is 5.58. The quantitative estimate of drug-likeness (QED) is 0.412. The van der Waals surface area contributed by atoms with Gasteiger partial charge < -0.3 is 14.6 Å². The molecular formula is C12H20O5. The minimum absolute atomic E-state index is 0.278. The first-order chi connectivity index (χ1) is 8.02. The first kappa shape index (κ1) is 15.6. The van der Waals surface area contributed by atoms with Gasteiger partial charge in [0.2, 0.25) is 0 Å². The Hall–Kier alpha value is -1.36. The Kier molecular flexibility index (Phi) is 8.05. The highest BCUT2D eigenvalue weighted by atomic mass is 16.5. The molecule has 0 aromatic rings. The van der Waals surface area contributed by atoms with Crippen LogP contribution in [0.1, 0.15) is 26.7 Å². The van der Waals surface area contributed by atoms with E-state index >= 15 is 0 Å². The number of carbonyl (C=O) groups is 2. The number of esters is 2. The van der Waals surface area contributed by atoms with E-state index in [1.54, 1.807) is 12.2 Å². The zero-order valence-electron chi connectivity index (χ0n) is 10.5. The summed E-state index contributed by atoms with van der Waals surface area (Å²) in [5, 5.41) is 9.61. The maximum Gasteiger partial charge on any atom is 0.335 e. The summed E-state index contributed by atoms with van der Waals surface area (Å²) in [6, 6.07) is 0. The van der Waals surface area contributed by atoms with Gasteiger partial charge in [-0.05, 0) is 12.8 Å². The van der Waals surface area contributed by atoms with E-state index in [0.29, 0.717) is 19.4 Å². The van der Waals surface area contributed by atoms with Crippen molar-refractivity contribution in [1.29, 1.82) is 0 Å². The second-order valence-corrected chi connectivity index (χ2v) is 3.60. The summed E-state index contributed by atoms with van der Waals surface area (Å²) < 4.78 is 9.20. The number of hydrogen-bond donors (Lipinski definition) is 1. The summed E-state index contributed by atoms with van der Waals surface area (Å²) in [6.07, 6.45) is 3.56. The van der Waals surface area contributed by atoms with Crippen molar-refractivity contribution in [3.05, 3.63) is 12.2 Å². The van der Waals surface area contributed by atoms with E-state index in [4.69, 9.17) is 4.74 Å². The Morgan fingerprint density at radius 3 is 2.53 bits per heavy atom. The molecule has 17 heavy (non-hydrogen) atoms. The van der Waals surface area contributed by atoms with Crippen LogP contribution in [0.25, 0.3) is 0 Å². The lowest BCUT2D eigenvalue weighted by Crippen LogP contribution is -2.29. The van der Waals surface area contributed by atoms with Crippen LogP contribution in [-0.2, 0) is 19.1 Å². The number of methoxy groups -OCH3 is 1. The zero-order valence-corrected chi connectivity index (χ0v) is 10.5. The summed E-state index contributed by atoms with van der Waals surface area (Å²) in [4.78, 5) is 21.6. The monoisotopic (exact) mass is 244 g/mol. The van der Waals surface area contributed by atoms with Crippen molar-refractivity contribution in [2.45, 2.75) is 32.8 Å². The lowest BCUT2D eigenvalue weighted by Gasteiger charge is -2.15. The molecule has 0 unspecified atom stereocenters. The predicted molar refractivity (Wildman–Crippen MR) is 62.2 cm³/mol. The van der Waals surface area contributed by atoms with E-state index in [1.165, 1.54) is 14.0 Å². The van der Waals surface area contributed by atoms with Gasteiger partial charge in [-0.3, -0.25) is 4.79 Å². The van der Waals surface area contributed by atoms with Gasteiger partial charge in [0.25, 0.3) is 0 Å². The third-order valence-electron chi connectivity index (χ3n) is 2.29. The second kappa shape index (κ2) is 8.75. The van der Waals surface area contributed by atoms with Gasteiger partial charge in [-0.15, -0.1) is 0 Å². The lowest BCUT2D eigenvalue weighted by atomic mass is 9.98. The number of carbonyl (C=O) groups excluding carboxylic acids is 2. The summed E-state index contributed by atoms with van der Waals surface area (Å²) in [5.41, 5.74) is 0. The highest BCUT2D eigenvalue weighted by molar-refractivity contribution is 5.74. The van der Waals surface area contributed by atoms with Gasteiger partial charge in [0.1, 0.15) is 0 Å². The van der Waals surface area contributed by atoms with E-state index in [-0.39, 0.29) is 11.9 Å². The van der Waals surface area contributed by atoms with Gasteiger partial charge in [0.05, 0.1) is 13.7 Å². The fraction of sp³-hybridized carbons (Fsp3) is 0.667. The molecule has 0 amide bonds. The van der Waals surface area contributed by atoms with Gasteiger partial charge in [0, 0.05) is 12.8 Å². The molecule has 0 bridgehead atoms. The molecule has 0 aromatic carbocycles. The van der Waals surface area contributed by atoms with Gasteiger partial charge in [-0.2, -0.15) is 0 Å². The van der Waals surface area contributed by atoms with E-state index in [0.717, 1.165) is 0 Å². The van der Waals surface area contributed by atoms with Gasteiger partial charge in [-0.25, -0.2) is 4.79 Å². The molecule has 5 heteroatoms. The minimum Gasteiger partial charge on any atom is -0.467 e.